The molecule has 0 aliphatic heterocycles. The van der Waals surface area contributed by atoms with E-state index in [1.807, 2.05) is 30.3 Å². The van der Waals surface area contributed by atoms with Gasteiger partial charge in [0.05, 0.1) is 11.2 Å². The molecule has 0 saturated heterocycles. The molecule has 0 amide bonds. The first-order chi connectivity index (χ1) is 11.6. The van der Waals surface area contributed by atoms with Crippen molar-refractivity contribution in [2.45, 2.75) is 6.61 Å². The molecule has 0 bridgehead atoms. The van der Waals surface area contributed by atoms with Crippen LogP contribution in [0.5, 0.6) is 5.75 Å². The molecule has 0 atom stereocenters. The minimum Gasteiger partial charge on any atom is -0.486 e. The molecule has 24 heavy (non-hydrogen) atoms. The summed E-state index contributed by atoms with van der Waals surface area (Å²) < 4.78 is 21.0. The first-order valence-corrected chi connectivity index (χ1v) is 7.76. The molecular formula is C16H12ClFN4OS. The van der Waals surface area contributed by atoms with Gasteiger partial charge in [-0.2, -0.15) is 14.9 Å². The molecule has 0 spiro atoms. The number of rotatable bonds is 5. The zero-order chi connectivity index (χ0) is 16.9. The molecule has 0 saturated carbocycles. The van der Waals surface area contributed by atoms with Crippen LogP contribution in [0.3, 0.4) is 0 Å². The summed E-state index contributed by atoms with van der Waals surface area (Å²) in [4.78, 5) is 0. The van der Waals surface area contributed by atoms with Crippen molar-refractivity contribution in [3.05, 3.63) is 75.5 Å². The Labute approximate surface area is 147 Å². The van der Waals surface area contributed by atoms with Crippen LogP contribution in [0.15, 0.2) is 53.6 Å². The van der Waals surface area contributed by atoms with Crippen molar-refractivity contribution >= 4 is 30.0 Å². The number of benzene rings is 2. The van der Waals surface area contributed by atoms with Crippen LogP contribution in [0.1, 0.15) is 11.4 Å². The van der Waals surface area contributed by atoms with E-state index in [0.29, 0.717) is 11.6 Å². The van der Waals surface area contributed by atoms with Crippen LogP contribution in [-0.2, 0) is 6.61 Å². The average Bonchev–Trinajstić information content (AvgIpc) is 2.94. The van der Waals surface area contributed by atoms with Crippen LogP contribution in [0.4, 0.5) is 4.39 Å². The van der Waals surface area contributed by atoms with Gasteiger partial charge in [0.25, 0.3) is 0 Å². The van der Waals surface area contributed by atoms with Crippen molar-refractivity contribution in [3.63, 3.8) is 0 Å². The lowest BCUT2D eigenvalue weighted by Crippen LogP contribution is -2.04. The molecule has 2 aromatic carbocycles. The van der Waals surface area contributed by atoms with Gasteiger partial charge in [-0.05, 0) is 36.5 Å². The Morgan fingerprint density at radius 2 is 2.04 bits per heavy atom. The molecule has 0 aliphatic carbocycles. The lowest BCUT2D eigenvalue weighted by molar-refractivity contribution is 0.290. The largest absolute Gasteiger partial charge is 0.486 e. The summed E-state index contributed by atoms with van der Waals surface area (Å²) in [5.74, 6) is 0.676. The summed E-state index contributed by atoms with van der Waals surface area (Å²) in [5, 5.41) is 11.1. The minimum atomic E-state index is -0.469. The number of hydrogen-bond acceptors (Lipinski definition) is 4. The summed E-state index contributed by atoms with van der Waals surface area (Å²) in [6.07, 6.45) is 1.30. The monoisotopic (exact) mass is 362 g/mol. The molecule has 0 radical (unpaired) electrons. The molecule has 3 rings (SSSR count). The van der Waals surface area contributed by atoms with Crippen molar-refractivity contribution in [1.82, 2.24) is 14.9 Å². The van der Waals surface area contributed by atoms with Crippen LogP contribution < -0.4 is 4.74 Å². The van der Waals surface area contributed by atoms with Crippen LogP contribution in [0.25, 0.3) is 0 Å². The molecule has 0 aliphatic rings. The molecule has 122 valence electrons. The van der Waals surface area contributed by atoms with Gasteiger partial charge in [-0.25, -0.2) is 9.49 Å². The van der Waals surface area contributed by atoms with E-state index in [2.05, 4.69) is 15.3 Å². The van der Waals surface area contributed by atoms with E-state index in [4.69, 9.17) is 28.6 Å². The van der Waals surface area contributed by atoms with Gasteiger partial charge in [0, 0.05) is 5.56 Å². The maximum absolute atomic E-state index is 13.8. The Balaban J connectivity index is 1.83. The van der Waals surface area contributed by atoms with E-state index in [9.17, 15) is 4.39 Å². The molecule has 0 fully saturated rings. The fourth-order valence-electron chi connectivity index (χ4n) is 1.95. The lowest BCUT2D eigenvalue weighted by Gasteiger charge is -2.05. The van der Waals surface area contributed by atoms with E-state index < -0.39 is 5.82 Å². The predicted molar refractivity (Wildman–Crippen MR) is 92.6 cm³/mol. The minimum absolute atomic E-state index is 0.152. The number of nitrogens with one attached hydrogen (secondary N) is 1. The molecule has 5 nitrogen and oxygen atoms in total. The van der Waals surface area contributed by atoms with Gasteiger partial charge >= 0.3 is 0 Å². The number of ether oxygens (including phenoxy) is 1. The Bertz CT molecular complexity index is 903. The van der Waals surface area contributed by atoms with Crippen molar-refractivity contribution in [3.8, 4) is 5.75 Å². The summed E-state index contributed by atoms with van der Waals surface area (Å²) >= 11 is 11.1. The van der Waals surface area contributed by atoms with Gasteiger partial charge in [0.2, 0.25) is 4.77 Å². The average molecular weight is 363 g/mol. The Hall–Kier alpha value is -2.51. The Morgan fingerprint density at radius 1 is 1.25 bits per heavy atom. The van der Waals surface area contributed by atoms with E-state index in [-0.39, 0.29) is 22.0 Å². The van der Waals surface area contributed by atoms with E-state index in [1.54, 1.807) is 6.07 Å². The van der Waals surface area contributed by atoms with Gasteiger partial charge in [-0.1, -0.05) is 35.9 Å². The third kappa shape index (κ3) is 3.69. The number of aromatic nitrogens is 3. The zero-order valence-corrected chi connectivity index (χ0v) is 13.9. The van der Waals surface area contributed by atoms with Gasteiger partial charge in [-0.15, -0.1) is 0 Å². The fourth-order valence-corrected chi connectivity index (χ4v) is 2.36. The van der Waals surface area contributed by atoms with Gasteiger partial charge in [0.15, 0.2) is 5.82 Å². The molecule has 8 heteroatoms. The number of H-pyrrole nitrogens is 1. The zero-order valence-electron chi connectivity index (χ0n) is 12.3. The maximum Gasteiger partial charge on any atom is 0.216 e. The lowest BCUT2D eigenvalue weighted by atomic mass is 10.2. The number of halogens is 2. The number of hydrogen-bond donors (Lipinski definition) is 1. The highest BCUT2D eigenvalue weighted by molar-refractivity contribution is 7.71. The normalized spacial score (nSPS) is 11.1. The fraction of sp³-hybridized carbons (Fsp3) is 0.0625. The summed E-state index contributed by atoms with van der Waals surface area (Å²) in [7, 11) is 0. The number of para-hydroxylation sites is 1. The standard InChI is InChI=1S/C16H12ClFN4OS/c17-13-7-4-8-14(18)12(13)9-19-22-15(20-21-16(22)24)10-23-11-5-2-1-3-6-11/h1-9H,10H2,(H,21,24)/b19-9-. The quantitative estimate of drug-likeness (QED) is 0.547. The predicted octanol–water partition coefficient (Wildman–Crippen LogP) is 4.19. The first-order valence-electron chi connectivity index (χ1n) is 6.97. The van der Waals surface area contributed by atoms with Crippen LogP contribution in [0, 0.1) is 10.6 Å². The number of nitrogens with zero attached hydrogens (tertiary/aromatic N) is 3. The van der Waals surface area contributed by atoms with Crippen molar-refractivity contribution in [1.29, 1.82) is 0 Å². The maximum atomic E-state index is 13.8. The van der Waals surface area contributed by atoms with Gasteiger partial charge in [-0.3, -0.25) is 0 Å². The molecule has 1 N–H and O–H groups in total. The molecular weight excluding hydrogens is 351 g/mol. The van der Waals surface area contributed by atoms with Gasteiger partial charge in [0.1, 0.15) is 18.2 Å². The van der Waals surface area contributed by atoms with Crippen molar-refractivity contribution in [2.75, 3.05) is 0 Å². The SMILES string of the molecule is Fc1cccc(Cl)c1/C=N\n1c(COc2ccccc2)n[nH]c1=S. The Morgan fingerprint density at radius 3 is 2.79 bits per heavy atom. The second-order valence-corrected chi connectivity index (χ2v) is 5.53. The van der Waals surface area contributed by atoms with Crippen molar-refractivity contribution < 1.29 is 9.13 Å². The third-order valence-electron chi connectivity index (χ3n) is 3.13. The van der Waals surface area contributed by atoms with Crippen LogP contribution in [0.2, 0.25) is 5.02 Å². The first kappa shape index (κ1) is 16.4. The highest BCUT2D eigenvalue weighted by atomic mass is 35.5. The molecule has 3 aromatic rings. The highest BCUT2D eigenvalue weighted by Crippen LogP contribution is 2.17. The van der Waals surface area contributed by atoms with E-state index in [1.165, 1.54) is 23.0 Å². The third-order valence-corrected chi connectivity index (χ3v) is 3.72. The van der Waals surface area contributed by atoms with Crippen LogP contribution >= 0.6 is 23.8 Å². The topological polar surface area (TPSA) is 55.2 Å². The second kappa shape index (κ2) is 7.37. The second-order valence-electron chi connectivity index (χ2n) is 4.74. The summed E-state index contributed by atoms with van der Waals surface area (Å²) in [6, 6.07) is 13.7. The Kier molecular flexibility index (Phi) is 5.02. The molecule has 1 heterocycles. The van der Waals surface area contributed by atoms with E-state index >= 15 is 0 Å². The molecule has 1 aromatic heterocycles. The summed E-state index contributed by atoms with van der Waals surface area (Å²) in [6.45, 7) is 0.152. The highest BCUT2D eigenvalue weighted by Gasteiger charge is 2.08. The molecule has 0 unspecified atom stereocenters. The number of aromatic amines is 1. The van der Waals surface area contributed by atoms with Gasteiger partial charge < -0.3 is 4.74 Å². The van der Waals surface area contributed by atoms with Crippen LogP contribution in [-0.4, -0.2) is 21.1 Å². The summed E-state index contributed by atoms with van der Waals surface area (Å²) in [5.41, 5.74) is 0.178. The van der Waals surface area contributed by atoms with Crippen molar-refractivity contribution in [2.24, 2.45) is 5.10 Å². The van der Waals surface area contributed by atoms with E-state index in [0.717, 1.165) is 0 Å². The smallest absolute Gasteiger partial charge is 0.216 e.